The molecule has 1 aromatic carbocycles. The number of rotatable bonds is 4. The first-order chi connectivity index (χ1) is 15.3. The number of aromatic nitrogens is 7. The van der Waals surface area contributed by atoms with Crippen LogP contribution in [0.3, 0.4) is 0 Å². The SMILES string of the molecule is CC(C)N1Cc2cc(-c3cnn(C(F)F)c3)c(Cl)cc2-c2cc(=O)c(-c3nn[nH]n3)cn21. The second kappa shape index (κ2) is 7.52. The van der Waals surface area contributed by atoms with Crippen LogP contribution in [0.4, 0.5) is 8.78 Å². The van der Waals surface area contributed by atoms with E-state index in [0.717, 1.165) is 11.1 Å². The maximum atomic E-state index is 13.0. The Labute approximate surface area is 185 Å². The summed E-state index contributed by atoms with van der Waals surface area (Å²) >= 11 is 6.54. The van der Waals surface area contributed by atoms with Crippen LogP contribution >= 0.6 is 11.6 Å². The second-order valence-electron chi connectivity index (χ2n) is 7.68. The molecule has 0 bridgehead atoms. The highest BCUT2D eigenvalue weighted by Crippen LogP contribution is 2.38. The molecule has 0 atom stereocenters. The van der Waals surface area contributed by atoms with E-state index < -0.39 is 6.55 Å². The van der Waals surface area contributed by atoms with Crippen molar-refractivity contribution in [2.45, 2.75) is 33.0 Å². The Morgan fingerprint density at radius 1 is 1.12 bits per heavy atom. The van der Waals surface area contributed by atoms with Gasteiger partial charge in [0.15, 0.2) is 5.43 Å². The van der Waals surface area contributed by atoms with Crippen LogP contribution in [0.15, 0.2) is 41.6 Å². The first kappa shape index (κ1) is 20.3. The third-order valence-corrected chi connectivity index (χ3v) is 5.72. The molecular weight excluding hydrogens is 442 g/mol. The van der Waals surface area contributed by atoms with Crippen molar-refractivity contribution in [2.24, 2.45) is 0 Å². The van der Waals surface area contributed by atoms with Crippen LogP contribution in [0.25, 0.3) is 33.8 Å². The highest BCUT2D eigenvalue weighted by Gasteiger charge is 2.27. The summed E-state index contributed by atoms with van der Waals surface area (Å²) < 4.78 is 28.4. The fourth-order valence-electron chi connectivity index (χ4n) is 3.86. The van der Waals surface area contributed by atoms with Gasteiger partial charge in [-0.3, -0.25) is 9.47 Å². The van der Waals surface area contributed by atoms with Crippen molar-refractivity contribution < 1.29 is 8.78 Å². The molecule has 3 aromatic heterocycles. The highest BCUT2D eigenvalue weighted by atomic mass is 35.5. The lowest BCUT2D eigenvalue weighted by Gasteiger charge is -2.38. The lowest BCUT2D eigenvalue weighted by molar-refractivity contribution is 0.0566. The first-order valence-electron chi connectivity index (χ1n) is 9.76. The summed E-state index contributed by atoms with van der Waals surface area (Å²) in [6, 6.07) is 5.22. The molecule has 1 aliphatic heterocycles. The van der Waals surface area contributed by atoms with Crippen molar-refractivity contribution in [1.82, 2.24) is 35.1 Å². The Bertz CT molecular complexity index is 1360. The van der Waals surface area contributed by atoms with E-state index >= 15 is 0 Å². The van der Waals surface area contributed by atoms with Crippen LogP contribution in [-0.2, 0) is 6.54 Å². The maximum Gasteiger partial charge on any atom is 0.333 e. The molecule has 0 unspecified atom stereocenters. The molecule has 0 saturated carbocycles. The standard InChI is InChI=1S/C20H17ClF2N8O/c1-10(2)30-8-11-3-13(12-6-24-29(7-12)20(22)23)16(21)4-14(11)17-5-18(32)15(9-31(17)30)19-25-27-28-26-19/h3-7,9-10,20H,8H2,1-2H3,(H,25,26,27,28). The lowest BCUT2D eigenvalue weighted by atomic mass is 9.96. The molecule has 0 amide bonds. The monoisotopic (exact) mass is 458 g/mol. The van der Waals surface area contributed by atoms with Crippen LogP contribution in [0.1, 0.15) is 26.0 Å². The van der Waals surface area contributed by atoms with Gasteiger partial charge in [0.1, 0.15) is 0 Å². The molecule has 1 aliphatic rings. The number of nitrogens with one attached hydrogen (secondary N) is 1. The average molecular weight is 459 g/mol. The van der Waals surface area contributed by atoms with Gasteiger partial charge in [0.05, 0.1) is 24.0 Å². The summed E-state index contributed by atoms with van der Waals surface area (Å²) in [5.41, 5.74) is 3.51. The predicted octanol–water partition coefficient (Wildman–Crippen LogP) is 3.47. The van der Waals surface area contributed by atoms with Crippen molar-refractivity contribution in [2.75, 3.05) is 5.01 Å². The van der Waals surface area contributed by atoms with E-state index in [4.69, 9.17) is 11.6 Å². The summed E-state index contributed by atoms with van der Waals surface area (Å²) in [5.74, 6) is 0.212. The van der Waals surface area contributed by atoms with Crippen molar-refractivity contribution in [3.05, 3.63) is 57.6 Å². The molecule has 12 heteroatoms. The van der Waals surface area contributed by atoms with Gasteiger partial charge in [-0.05, 0) is 36.8 Å². The molecule has 9 nitrogen and oxygen atoms in total. The van der Waals surface area contributed by atoms with Crippen LogP contribution in [0.5, 0.6) is 0 Å². The maximum absolute atomic E-state index is 13.0. The number of aromatic amines is 1. The third-order valence-electron chi connectivity index (χ3n) is 5.40. The smallest absolute Gasteiger partial charge is 0.306 e. The fraction of sp³-hybridized carbons (Fsp3) is 0.250. The normalized spacial score (nSPS) is 13.0. The molecule has 0 radical (unpaired) electrons. The van der Waals surface area contributed by atoms with Crippen molar-refractivity contribution in [3.8, 4) is 33.8 Å². The molecule has 1 N–H and O–H groups in total. The molecule has 4 heterocycles. The summed E-state index contributed by atoms with van der Waals surface area (Å²) in [4.78, 5) is 12.8. The number of H-pyrrole nitrogens is 1. The highest BCUT2D eigenvalue weighted by molar-refractivity contribution is 6.33. The second-order valence-corrected chi connectivity index (χ2v) is 8.09. The van der Waals surface area contributed by atoms with Crippen LogP contribution in [-0.4, -0.2) is 41.1 Å². The number of tetrazole rings is 1. The number of pyridine rings is 1. The van der Waals surface area contributed by atoms with Gasteiger partial charge in [-0.15, -0.1) is 10.2 Å². The minimum atomic E-state index is -2.73. The first-order valence-corrected chi connectivity index (χ1v) is 10.1. The number of hydrogen-bond acceptors (Lipinski definition) is 6. The third kappa shape index (κ3) is 3.25. The Balaban J connectivity index is 1.68. The van der Waals surface area contributed by atoms with Gasteiger partial charge in [0.25, 0.3) is 0 Å². The number of benzene rings is 1. The number of fused-ring (bicyclic) bond motifs is 3. The molecular formula is C20H17ClF2N8O. The van der Waals surface area contributed by atoms with Crippen LogP contribution in [0.2, 0.25) is 5.02 Å². The molecule has 0 fully saturated rings. The van der Waals surface area contributed by atoms with E-state index in [1.165, 1.54) is 18.5 Å². The van der Waals surface area contributed by atoms with Crippen molar-refractivity contribution >= 4 is 11.6 Å². The summed E-state index contributed by atoms with van der Waals surface area (Å²) in [6.07, 6.45) is 4.31. The Morgan fingerprint density at radius 3 is 2.59 bits per heavy atom. The Kier molecular flexibility index (Phi) is 4.77. The molecule has 0 saturated heterocycles. The van der Waals surface area contributed by atoms with Gasteiger partial charge in [-0.2, -0.15) is 19.1 Å². The molecule has 164 valence electrons. The molecule has 5 rings (SSSR count). The zero-order valence-electron chi connectivity index (χ0n) is 17.0. The van der Waals surface area contributed by atoms with E-state index in [2.05, 4.69) is 30.7 Å². The largest absolute Gasteiger partial charge is 0.333 e. The number of hydrogen-bond donors (Lipinski definition) is 1. The van der Waals surface area contributed by atoms with E-state index in [1.54, 1.807) is 12.3 Å². The number of nitrogens with zero attached hydrogens (tertiary/aromatic N) is 7. The van der Waals surface area contributed by atoms with Gasteiger partial charge >= 0.3 is 6.55 Å². The molecule has 32 heavy (non-hydrogen) atoms. The van der Waals surface area contributed by atoms with E-state index in [-0.39, 0.29) is 17.3 Å². The van der Waals surface area contributed by atoms with Gasteiger partial charge in [-0.25, -0.2) is 4.68 Å². The van der Waals surface area contributed by atoms with E-state index in [0.29, 0.717) is 38.6 Å². The van der Waals surface area contributed by atoms with Gasteiger partial charge in [0, 0.05) is 46.2 Å². The average Bonchev–Trinajstić information content (AvgIpc) is 3.45. The molecule has 0 spiro atoms. The zero-order valence-corrected chi connectivity index (χ0v) is 17.8. The zero-order chi connectivity index (χ0) is 22.6. The lowest BCUT2D eigenvalue weighted by Crippen LogP contribution is -2.43. The fourth-order valence-corrected chi connectivity index (χ4v) is 4.13. The van der Waals surface area contributed by atoms with Gasteiger partial charge in [-0.1, -0.05) is 11.6 Å². The van der Waals surface area contributed by atoms with Gasteiger partial charge in [0.2, 0.25) is 5.82 Å². The van der Waals surface area contributed by atoms with Gasteiger partial charge < -0.3 is 5.01 Å². The number of halogens is 3. The van der Waals surface area contributed by atoms with Crippen LogP contribution in [0, 0.1) is 0 Å². The molecule has 0 aliphatic carbocycles. The summed E-state index contributed by atoms with van der Waals surface area (Å²) in [7, 11) is 0. The molecule has 4 aromatic rings. The predicted molar refractivity (Wildman–Crippen MR) is 114 cm³/mol. The quantitative estimate of drug-likeness (QED) is 0.503. The van der Waals surface area contributed by atoms with Crippen molar-refractivity contribution in [3.63, 3.8) is 0 Å². The van der Waals surface area contributed by atoms with Crippen molar-refractivity contribution in [1.29, 1.82) is 0 Å². The van der Waals surface area contributed by atoms with E-state index in [9.17, 15) is 13.6 Å². The van der Waals surface area contributed by atoms with Crippen LogP contribution < -0.4 is 10.4 Å². The number of alkyl halides is 2. The summed E-state index contributed by atoms with van der Waals surface area (Å²) in [5, 5.41) is 19.9. The topological polar surface area (TPSA) is 97.5 Å². The Morgan fingerprint density at radius 2 is 1.94 bits per heavy atom. The summed E-state index contributed by atoms with van der Waals surface area (Å²) in [6.45, 7) is 1.85. The van der Waals surface area contributed by atoms with E-state index in [1.807, 2.05) is 24.6 Å². The minimum Gasteiger partial charge on any atom is -0.306 e. The minimum absolute atomic E-state index is 0.0863. The Hall–Kier alpha value is -3.60.